The fraction of sp³-hybridized carbons (Fsp3) is 0.125. The number of carbonyl (C=O) groups is 5. The Morgan fingerprint density at radius 1 is 0.420 bits per heavy atom. The number of aromatic hydroxyl groups is 3. The summed E-state index contributed by atoms with van der Waals surface area (Å²) in [5.41, 5.74) is 7.55. The number of fused-ring (bicyclic) bond motifs is 6. The van der Waals surface area contributed by atoms with Gasteiger partial charge in [-0.2, -0.15) is 18.0 Å². The molecule has 28 heteroatoms. The molecule has 0 saturated carbocycles. The number of phenolic OH excluding ortho intramolecular Hbond substituents is 3. The number of ether oxygens (including phenoxy) is 4. The van der Waals surface area contributed by atoms with Gasteiger partial charge in [0.15, 0.2) is 16.3 Å². The highest BCUT2D eigenvalue weighted by Crippen LogP contribution is 2.45. The third-order valence-corrected chi connectivity index (χ3v) is 12.9. The molecule has 0 atom stereocenters. The van der Waals surface area contributed by atoms with Crippen LogP contribution >= 0.6 is 0 Å². The van der Waals surface area contributed by atoms with Gasteiger partial charge in [-0.3, -0.25) is 33.1 Å². The van der Waals surface area contributed by atoms with Gasteiger partial charge in [-0.05, 0) is 108 Å². The van der Waals surface area contributed by atoms with Gasteiger partial charge in [-0.15, -0.1) is 0 Å². The summed E-state index contributed by atoms with van der Waals surface area (Å²) in [6.07, 6.45) is 0.250. The number of carboxylic acids is 1. The van der Waals surface area contributed by atoms with Crippen LogP contribution in [0.25, 0.3) is 100 Å². The lowest BCUT2D eigenvalue weighted by Crippen LogP contribution is -2.05. The minimum absolute atomic E-state index is 0. The number of aliphatic hydroxyl groups excluding tert-OH is 2. The lowest BCUT2D eigenvalue weighted by molar-refractivity contribution is -0.191. The third kappa shape index (κ3) is 22.5. The van der Waals surface area contributed by atoms with E-state index < -0.39 is 28.3 Å². The Kier molecular flexibility index (Phi) is 34.5. The molecule has 12 rings (SSSR count). The Morgan fingerprint density at radius 3 is 0.900 bits per heavy atom. The maximum atomic E-state index is 12.3. The summed E-state index contributed by atoms with van der Waals surface area (Å²) < 4.78 is 66.5. The largest absolute Gasteiger partial charge is 0.508 e. The van der Waals surface area contributed by atoms with Crippen molar-refractivity contribution in [2.45, 2.75) is 21.3 Å². The van der Waals surface area contributed by atoms with Crippen molar-refractivity contribution in [3.63, 3.8) is 0 Å². The minimum Gasteiger partial charge on any atom is -0.508 e. The number of aromatic carboxylic acids is 1. The summed E-state index contributed by atoms with van der Waals surface area (Å²) in [5, 5.41) is 55.0. The standard InChI is InChI=1S/2C21H14O5.C20H12O5.2C2H4O2.C2H6.CO2.2CH4O.CH4.H2O4S/c2*1-25-21(24)15-5-3-2-4-14(15)20-16-8-6-12(22)10-18(16)26-19-11-13(23)7-9-17(19)20;21-11-5-7-15-17(9-11)25-18-10-12(22)6-8-16(18)19(15)13-3-1-2-4-14(13)20(23)24;2*1-4-2-3;1-2;2-1-3;2*1-2;;1-5(2,3)4/h2*2-11,22H,1H3;1-10,21H,(H,23,24);2*2H,1H3;1-2H3;;2*2H,1H3;1H4;(H2,1,2,3,4). The van der Waals surface area contributed by atoms with Gasteiger partial charge in [0, 0.05) is 100 Å². The topological polar surface area (TPSA) is 443 Å². The summed E-state index contributed by atoms with van der Waals surface area (Å²) >= 11 is 0. The van der Waals surface area contributed by atoms with Crippen LogP contribution in [0.5, 0.6) is 17.2 Å². The van der Waals surface area contributed by atoms with Crippen molar-refractivity contribution in [1.29, 1.82) is 0 Å². The lowest BCUT2D eigenvalue weighted by atomic mass is 9.91. The molecule has 0 aromatic heterocycles. The molecule has 3 heterocycles. The molecule has 6 aliphatic rings. The molecular formula is C72H68O27S. The van der Waals surface area contributed by atoms with Gasteiger partial charge in [-0.1, -0.05) is 75.9 Å². The monoisotopic (exact) mass is 1400 g/mol. The van der Waals surface area contributed by atoms with E-state index in [4.69, 9.17) is 69.6 Å². The highest BCUT2D eigenvalue weighted by molar-refractivity contribution is 7.79. The molecule has 3 aliphatic carbocycles. The highest BCUT2D eigenvalue weighted by Gasteiger charge is 2.25. The molecule has 3 aliphatic heterocycles. The van der Waals surface area contributed by atoms with Crippen LogP contribution in [0.1, 0.15) is 52.3 Å². The average Bonchev–Trinajstić information content (AvgIpc) is 0.767. The van der Waals surface area contributed by atoms with Crippen LogP contribution in [0.15, 0.2) is 210 Å². The Hall–Kier alpha value is -12.7. The van der Waals surface area contributed by atoms with E-state index in [1.807, 2.05) is 38.1 Å². The van der Waals surface area contributed by atoms with E-state index in [1.165, 1.54) is 95.2 Å². The molecule has 6 aromatic rings. The first-order valence-corrected chi connectivity index (χ1v) is 29.6. The highest BCUT2D eigenvalue weighted by atomic mass is 32.3. The molecule has 6 aromatic carbocycles. The zero-order valence-electron chi connectivity index (χ0n) is 53.7. The van der Waals surface area contributed by atoms with E-state index in [0.717, 1.165) is 25.3 Å². The van der Waals surface area contributed by atoms with Crippen LogP contribution in [-0.2, 0) is 48.5 Å². The molecular weight excluding hydrogens is 1330 g/mol. The summed E-state index contributed by atoms with van der Waals surface area (Å²) in [7, 11) is 2.62. The number of esters is 2. The summed E-state index contributed by atoms with van der Waals surface area (Å²) in [6.45, 7) is 4.75. The second kappa shape index (κ2) is 41.3. The van der Waals surface area contributed by atoms with Crippen molar-refractivity contribution >= 4 is 80.3 Å². The van der Waals surface area contributed by atoms with E-state index in [2.05, 4.69) is 9.47 Å². The summed E-state index contributed by atoms with van der Waals surface area (Å²) in [4.78, 5) is 106. The third-order valence-electron chi connectivity index (χ3n) is 12.9. The van der Waals surface area contributed by atoms with E-state index in [9.17, 15) is 49.2 Å². The smallest absolute Gasteiger partial charge is 0.394 e. The molecule has 0 radical (unpaired) electrons. The molecule has 0 bridgehead atoms. The maximum Gasteiger partial charge on any atom is 0.394 e. The molecule has 0 saturated heterocycles. The molecule has 0 spiro atoms. The molecule has 524 valence electrons. The number of rotatable bonds is 8. The molecule has 8 N–H and O–H groups in total. The Morgan fingerprint density at radius 2 is 0.660 bits per heavy atom. The average molecular weight is 1400 g/mol. The molecule has 0 fully saturated rings. The zero-order valence-corrected chi connectivity index (χ0v) is 54.5. The van der Waals surface area contributed by atoms with Crippen LogP contribution in [0.2, 0.25) is 0 Å². The van der Waals surface area contributed by atoms with Crippen LogP contribution in [0.4, 0.5) is 0 Å². The van der Waals surface area contributed by atoms with Gasteiger partial charge in [0.2, 0.25) is 0 Å². The Balaban J connectivity index is 0.000000442. The predicted molar refractivity (Wildman–Crippen MR) is 368 cm³/mol. The summed E-state index contributed by atoms with van der Waals surface area (Å²) in [6, 6.07) is 48.4. The summed E-state index contributed by atoms with van der Waals surface area (Å²) in [5.74, 6) is -0.749. The fourth-order valence-corrected chi connectivity index (χ4v) is 9.31. The fourth-order valence-electron chi connectivity index (χ4n) is 9.31. The van der Waals surface area contributed by atoms with Crippen LogP contribution < -0.4 is 16.3 Å². The lowest BCUT2D eigenvalue weighted by Gasteiger charge is -2.17. The van der Waals surface area contributed by atoms with Crippen molar-refractivity contribution in [1.82, 2.24) is 0 Å². The van der Waals surface area contributed by atoms with Crippen molar-refractivity contribution in [2.75, 3.05) is 42.7 Å². The second-order valence-electron chi connectivity index (χ2n) is 18.6. The normalized spacial score (nSPS) is 9.72. The Bertz CT molecular complexity index is 4740. The van der Waals surface area contributed by atoms with Crippen molar-refractivity contribution < 1.29 is 114 Å². The predicted octanol–water partition coefficient (Wildman–Crippen LogP) is 11.3. The van der Waals surface area contributed by atoms with Gasteiger partial charge in [0.25, 0.3) is 12.9 Å². The van der Waals surface area contributed by atoms with Crippen LogP contribution in [0, 0.1) is 0 Å². The van der Waals surface area contributed by atoms with Gasteiger partial charge in [0.1, 0.15) is 51.3 Å². The number of methoxy groups -OCH3 is 4. The van der Waals surface area contributed by atoms with Gasteiger partial charge < -0.3 is 62.8 Å². The van der Waals surface area contributed by atoms with Crippen molar-refractivity contribution in [2.24, 2.45) is 0 Å². The first-order valence-electron chi connectivity index (χ1n) is 28.2. The van der Waals surface area contributed by atoms with Crippen molar-refractivity contribution in [3.05, 3.63) is 229 Å². The maximum absolute atomic E-state index is 12.3. The van der Waals surface area contributed by atoms with Gasteiger partial charge >= 0.3 is 34.5 Å². The number of aliphatic hydroxyl groups is 2. The minimum atomic E-state index is -4.67. The number of benzene rings is 9. The van der Waals surface area contributed by atoms with Crippen LogP contribution in [0.3, 0.4) is 0 Å². The second-order valence-corrected chi connectivity index (χ2v) is 19.5. The van der Waals surface area contributed by atoms with Crippen molar-refractivity contribution in [3.8, 4) is 84.6 Å². The number of phenols is 3. The zero-order chi connectivity index (χ0) is 74.1. The van der Waals surface area contributed by atoms with E-state index in [1.54, 1.807) is 91.0 Å². The number of hydrogen-bond acceptors (Lipinski definition) is 24. The number of carbonyl (C=O) groups excluding carboxylic acids is 6. The first kappa shape index (κ1) is 83.4. The van der Waals surface area contributed by atoms with Gasteiger partial charge in [-0.25, -0.2) is 14.4 Å². The van der Waals surface area contributed by atoms with E-state index >= 15 is 0 Å². The quantitative estimate of drug-likeness (QED) is 0.0230. The van der Waals surface area contributed by atoms with Crippen LogP contribution in [-0.4, -0.2) is 128 Å². The number of carboxylic acid groups (broad SMARTS) is 1. The first-order chi connectivity index (χ1) is 47.4. The van der Waals surface area contributed by atoms with E-state index in [0.29, 0.717) is 113 Å². The SMILES string of the molecule is C.CC.CO.CO.COC(=O)c1ccccc1-c1c2ccc(=O)cc-2oc2cc(O)ccc12.COC(=O)c1ccccc1-c1c2ccc(=O)cc-2oc2cc(O)ccc12.COC=O.COC=O.O=C(O)c1ccccc1-c1c2ccc(=O)cc-2oc2cc(O)ccc12.O=C=O.O=S(=O)(O)O. The molecule has 27 nitrogen and oxygen atoms in total. The molecule has 100 heavy (non-hydrogen) atoms. The number of hydrogen-bond donors (Lipinski definition) is 8. The molecule has 0 unspecified atom stereocenters. The van der Waals surface area contributed by atoms with E-state index in [-0.39, 0.29) is 52.7 Å². The molecule has 0 amide bonds. The Labute approximate surface area is 569 Å². The van der Waals surface area contributed by atoms with Gasteiger partial charge in [0.05, 0.1) is 45.1 Å².